The Labute approximate surface area is 200 Å². The van der Waals surface area contributed by atoms with Gasteiger partial charge in [-0.25, -0.2) is 4.79 Å². The quantitative estimate of drug-likeness (QED) is 0.428. The molecule has 1 aliphatic carbocycles. The highest BCUT2D eigenvalue weighted by molar-refractivity contribution is 5.74. The Bertz CT molecular complexity index is 695. The standard InChI is InChI=1S/C27H45N3O3/c1-33-18-9-8-16-27(32,23-13-6-3-7-14-23)24-15-10-17-30(21-24)26(31)29-25(20-28)19-22-11-4-2-5-12-22/h3,6-7,13-14,22,24-25,32H,2,4-5,8-12,15-21,28H2,1H3,(H,29,31)/t24?,25?,27-/m1/s1. The van der Waals surface area contributed by atoms with Crippen LogP contribution >= 0.6 is 0 Å². The zero-order valence-electron chi connectivity index (χ0n) is 20.5. The first-order valence-electron chi connectivity index (χ1n) is 13.1. The number of carbonyl (C=O) groups is 1. The lowest BCUT2D eigenvalue weighted by molar-refractivity contribution is -0.0564. The topological polar surface area (TPSA) is 87.8 Å². The van der Waals surface area contributed by atoms with Crippen molar-refractivity contribution in [3.63, 3.8) is 0 Å². The van der Waals surface area contributed by atoms with E-state index < -0.39 is 5.60 Å². The van der Waals surface area contributed by atoms with Crippen molar-refractivity contribution >= 4 is 6.03 Å². The van der Waals surface area contributed by atoms with Crippen LogP contribution < -0.4 is 11.1 Å². The predicted octanol–water partition coefficient (Wildman–Crippen LogP) is 4.41. The number of benzene rings is 1. The van der Waals surface area contributed by atoms with E-state index in [1.807, 2.05) is 35.2 Å². The molecule has 2 unspecified atom stereocenters. The molecule has 4 N–H and O–H groups in total. The highest BCUT2D eigenvalue weighted by atomic mass is 16.5. The summed E-state index contributed by atoms with van der Waals surface area (Å²) in [5, 5.41) is 15.2. The Morgan fingerprint density at radius 2 is 1.94 bits per heavy atom. The predicted molar refractivity (Wildman–Crippen MR) is 133 cm³/mol. The molecule has 33 heavy (non-hydrogen) atoms. The molecule has 6 heteroatoms. The third-order valence-electron chi connectivity index (χ3n) is 7.77. The fourth-order valence-corrected chi connectivity index (χ4v) is 5.81. The summed E-state index contributed by atoms with van der Waals surface area (Å²) >= 11 is 0. The van der Waals surface area contributed by atoms with Crippen molar-refractivity contribution in [2.75, 3.05) is 33.4 Å². The zero-order chi connectivity index (χ0) is 23.5. The van der Waals surface area contributed by atoms with Gasteiger partial charge in [0.15, 0.2) is 0 Å². The number of unbranched alkanes of at least 4 members (excludes halogenated alkanes) is 1. The number of urea groups is 1. The third-order valence-corrected chi connectivity index (χ3v) is 7.77. The summed E-state index contributed by atoms with van der Waals surface area (Å²) in [6.45, 7) is 2.48. The summed E-state index contributed by atoms with van der Waals surface area (Å²) in [6, 6.07) is 9.99. The summed E-state index contributed by atoms with van der Waals surface area (Å²) in [6.07, 6.45) is 11.7. The van der Waals surface area contributed by atoms with E-state index in [1.54, 1.807) is 7.11 Å². The fourth-order valence-electron chi connectivity index (χ4n) is 5.81. The van der Waals surface area contributed by atoms with Gasteiger partial charge in [0.25, 0.3) is 0 Å². The maximum absolute atomic E-state index is 13.2. The Hall–Kier alpha value is -1.63. The molecule has 0 radical (unpaired) electrons. The van der Waals surface area contributed by atoms with Crippen LogP contribution in [-0.4, -0.2) is 55.4 Å². The van der Waals surface area contributed by atoms with Crippen LogP contribution in [0, 0.1) is 11.8 Å². The number of likely N-dealkylation sites (tertiary alicyclic amines) is 1. The second kappa shape index (κ2) is 13.3. The molecule has 2 amide bonds. The van der Waals surface area contributed by atoms with E-state index in [0.29, 0.717) is 32.0 Å². The van der Waals surface area contributed by atoms with Crippen LogP contribution in [0.5, 0.6) is 0 Å². The Morgan fingerprint density at radius 1 is 1.18 bits per heavy atom. The SMILES string of the molecule is COCCCC[C@@](O)(c1ccccc1)C1CCCN(C(=O)NC(CN)CC2CCCCC2)C1. The summed E-state index contributed by atoms with van der Waals surface area (Å²) in [5.74, 6) is 0.689. The van der Waals surface area contributed by atoms with Gasteiger partial charge in [-0.05, 0) is 50.0 Å². The van der Waals surface area contributed by atoms with Crippen molar-refractivity contribution in [2.45, 2.75) is 82.3 Å². The average Bonchev–Trinajstić information content (AvgIpc) is 2.87. The Morgan fingerprint density at radius 3 is 2.64 bits per heavy atom. The number of methoxy groups -OCH3 is 1. The molecule has 0 aromatic heterocycles. The molecule has 1 aromatic carbocycles. The van der Waals surface area contributed by atoms with Crippen molar-refractivity contribution in [1.29, 1.82) is 0 Å². The van der Waals surface area contributed by atoms with E-state index in [-0.39, 0.29) is 18.0 Å². The number of ether oxygens (including phenoxy) is 1. The van der Waals surface area contributed by atoms with E-state index in [9.17, 15) is 9.90 Å². The summed E-state index contributed by atoms with van der Waals surface area (Å²) in [7, 11) is 1.71. The normalized spacial score (nSPS) is 22.5. The molecule has 3 rings (SSSR count). The van der Waals surface area contributed by atoms with Crippen molar-refractivity contribution < 1.29 is 14.6 Å². The molecule has 186 valence electrons. The minimum Gasteiger partial charge on any atom is -0.385 e. The number of nitrogens with one attached hydrogen (secondary N) is 1. The number of piperidine rings is 1. The van der Waals surface area contributed by atoms with Gasteiger partial charge >= 0.3 is 6.03 Å². The number of nitrogens with zero attached hydrogens (tertiary/aromatic N) is 1. The van der Waals surface area contributed by atoms with Gasteiger partial charge < -0.3 is 25.8 Å². The van der Waals surface area contributed by atoms with Gasteiger partial charge in [0.05, 0.1) is 5.60 Å². The zero-order valence-corrected chi connectivity index (χ0v) is 20.5. The molecule has 1 saturated heterocycles. The molecule has 1 aliphatic heterocycles. The number of aliphatic hydroxyl groups is 1. The van der Waals surface area contributed by atoms with Gasteiger partial charge in [-0.3, -0.25) is 0 Å². The highest BCUT2D eigenvalue weighted by Crippen LogP contribution is 2.39. The number of amides is 2. The molecule has 1 saturated carbocycles. The second-order valence-electron chi connectivity index (χ2n) is 10.1. The third kappa shape index (κ3) is 7.43. The van der Waals surface area contributed by atoms with Gasteiger partial charge in [0.2, 0.25) is 0 Å². The van der Waals surface area contributed by atoms with Crippen LogP contribution in [0.2, 0.25) is 0 Å². The first-order valence-corrected chi connectivity index (χ1v) is 13.1. The molecular formula is C27H45N3O3. The van der Waals surface area contributed by atoms with Crippen molar-refractivity contribution in [3.8, 4) is 0 Å². The van der Waals surface area contributed by atoms with Crippen LogP contribution in [-0.2, 0) is 10.3 Å². The molecule has 0 spiro atoms. The van der Waals surface area contributed by atoms with Crippen LogP contribution in [0.15, 0.2) is 30.3 Å². The van der Waals surface area contributed by atoms with E-state index in [4.69, 9.17) is 10.5 Å². The molecule has 1 aromatic rings. The molecule has 1 heterocycles. The molecule has 0 bridgehead atoms. The number of carbonyl (C=O) groups excluding carboxylic acids is 1. The maximum atomic E-state index is 13.2. The van der Waals surface area contributed by atoms with E-state index >= 15 is 0 Å². The van der Waals surface area contributed by atoms with Gasteiger partial charge in [0, 0.05) is 45.3 Å². The average molecular weight is 460 g/mol. The van der Waals surface area contributed by atoms with Crippen molar-refractivity contribution in [3.05, 3.63) is 35.9 Å². The van der Waals surface area contributed by atoms with Crippen molar-refractivity contribution in [1.82, 2.24) is 10.2 Å². The van der Waals surface area contributed by atoms with E-state index in [0.717, 1.165) is 44.2 Å². The molecule has 6 nitrogen and oxygen atoms in total. The van der Waals surface area contributed by atoms with Gasteiger partial charge in [-0.2, -0.15) is 0 Å². The lowest BCUT2D eigenvalue weighted by atomic mass is 9.74. The largest absolute Gasteiger partial charge is 0.385 e. The minimum absolute atomic E-state index is 0.0108. The van der Waals surface area contributed by atoms with Gasteiger partial charge in [-0.1, -0.05) is 62.4 Å². The summed E-state index contributed by atoms with van der Waals surface area (Å²) < 4.78 is 5.21. The lowest BCUT2D eigenvalue weighted by Gasteiger charge is -2.43. The Balaban J connectivity index is 1.63. The maximum Gasteiger partial charge on any atom is 0.317 e. The second-order valence-corrected chi connectivity index (χ2v) is 10.1. The number of hydrogen-bond acceptors (Lipinski definition) is 4. The smallest absolute Gasteiger partial charge is 0.317 e. The Kier molecular flexibility index (Phi) is 10.5. The van der Waals surface area contributed by atoms with Crippen LogP contribution in [0.3, 0.4) is 0 Å². The number of hydrogen-bond donors (Lipinski definition) is 3. The minimum atomic E-state index is -0.941. The number of nitrogens with two attached hydrogens (primary N) is 1. The monoisotopic (exact) mass is 459 g/mol. The fraction of sp³-hybridized carbons (Fsp3) is 0.741. The van der Waals surface area contributed by atoms with E-state index in [1.165, 1.54) is 32.1 Å². The molecule has 2 fully saturated rings. The summed E-state index contributed by atoms with van der Waals surface area (Å²) in [4.78, 5) is 15.1. The van der Waals surface area contributed by atoms with E-state index in [2.05, 4.69) is 5.32 Å². The first-order chi connectivity index (χ1) is 16.1. The van der Waals surface area contributed by atoms with Gasteiger partial charge in [-0.15, -0.1) is 0 Å². The van der Waals surface area contributed by atoms with Gasteiger partial charge in [0.1, 0.15) is 0 Å². The summed E-state index contributed by atoms with van der Waals surface area (Å²) in [5.41, 5.74) is 6.05. The first kappa shape index (κ1) is 26.0. The molecule has 2 aliphatic rings. The molecular weight excluding hydrogens is 414 g/mol. The molecule has 3 atom stereocenters. The highest BCUT2D eigenvalue weighted by Gasteiger charge is 2.41. The van der Waals surface area contributed by atoms with Crippen LogP contribution in [0.25, 0.3) is 0 Å². The van der Waals surface area contributed by atoms with Crippen molar-refractivity contribution in [2.24, 2.45) is 17.6 Å². The van der Waals surface area contributed by atoms with Crippen LogP contribution in [0.1, 0.15) is 76.2 Å². The van der Waals surface area contributed by atoms with Crippen LogP contribution in [0.4, 0.5) is 4.79 Å². The number of rotatable bonds is 11. The lowest BCUT2D eigenvalue weighted by Crippen LogP contribution is -2.53.